The van der Waals surface area contributed by atoms with Crippen molar-refractivity contribution in [1.29, 1.82) is 0 Å². The zero-order valence-electron chi connectivity index (χ0n) is 12.4. The lowest BCUT2D eigenvalue weighted by Crippen LogP contribution is -2.42. The average molecular weight is 373 g/mol. The van der Waals surface area contributed by atoms with Gasteiger partial charge in [-0.15, -0.1) is 12.4 Å². The molecule has 0 aliphatic carbocycles. The summed E-state index contributed by atoms with van der Waals surface area (Å²) in [5.41, 5.74) is 4.46. The summed E-state index contributed by atoms with van der Waals surface area (Å²) < 4.78 is 65.0. The molecule has 9 heteroatoms. The van der Waals surface area contributed by atoms with Crippen LogP contribution < -0.4 is 5.73 Å². The third-order valence-electron chi connectivity index (χ3n) is 3.87. The van der Waals surface area contributed by atoms with E-state index in [0.29, 0.717) is 19.5 Å². The number of benzene rings is 1. The molecule has 1 aromatic carbocycles. The van der Waals surface area contributed by atoms with Crippen molar-refractivity contribution < 1.29 is 21.6 Å². The van der Waals surface area contributed by atoms with Gasteiger partial charge < -0.3 is 5.73 Å². The van der Waals surface area contributed by atoms with Crippen LogP contribution >= 0.6 is 12.4 Å². The second-order valence-corrected chi connectivity index (χ2v) is 7.48. The number of hydrogen-bond acceptors (Lipinski definition) is 3. The largest absolute Gasteiger partial charge is 0.416 e. The first kappa shape index (κ1) is 20.2. The zero-order chi connectivity index (χ0) is 16.4. The molecule has 0 spiro atoms. The average Bonchev–Trinajstić information content (AvgIpc) is 2.46. The number of sulfonamides is 1. The predicted octanol–water partition coefficient (Wildman–Crippen LogP) is 2.63. The maximum Gasteiger partial charge on any atom is 0.416 e. The van der Waals surface area contributed by atoms with Gasteiger partial charge in [0.1, 0.15) is 0 Å². The van der Waals surface area contributed by atoms with E-state index in [1.807, 2.05) is 0 Å². The highest BCUT2D eigenvalue weighted by atomic mass is 35.5. The van der Waals surface area contributed by atoms with Crippen molar-refractivity contribution in [2.45, 2.75) is 24.8 Å². The molecule has 4 nitrogen and oxygen atoms in total. The summed E-state index contributed by atoms with van der Waals surface area (Å²) in [6.45, 7) is 1.01. The van der Waals surface area contributed by atoms with Crippen LogP contribution in [0.4, 0.5) is 13.2 Å². The van der Waals surface area contributed by atoms with Crippen LogP contribution in [0.1, 0.15) is 24.0 Å². The fraction of sp³-hybridized carbons (Fsp3) is 0.571. The van der Waals surface area contributed by atoms with Gasteiger partial charge in [0.25, 0.3) is 0 Å². The van der Waals surface area contributed by atoms with Crippen LogP contribution in [0.25, 0.3) is 0 Å². The molecule has 1 saturated heterocycles. The van der Waals surface area contributed by atoms with Crippen molar-refractivity contribution >= 4 is 22.4 Å². The van der Waals surface area contributed by atoms with Gasteiger partial charge >= 0.3 is 6.18 Å². The Morgan fingerprint density at radius 1 is 1.26 bits per heavy atom. The number of alkyl halides is 3. The van der Waals surface area contributed by atoms with Crippen molar-refractivity contribution in [3.05, 3.63) is 35.4 Å². The fourth-order valence-electron chi connectivity index (χ4n) is 2.68. The van der Waals surface area contributed by atoms with E-state index in [-0.39, 0.29) is 30.4 Å². The summed E-state index contributed by atoms with van der Waals surface area (Å²) in [4.78, 5) is 0. The minimum atomic E-state index is -4.56. The zero-order valence-corrected chi connectivity index (χ0v) is 14.1. The molecule has 1 heterocycles. The molecule has 23 heavy (non-hydrogen) atoms. The topological polar surface area (TPSA) is 63.4 Å². The molecule has 0 amide bonds. The van der Waals surface area contributed by atoms with Crippen LogP contribution in [0.2, 0.25) is 0 Å². The summed E-state index contributed by atoms with van der Waals surface area (Å²) in [5.74, 6) is -0.568. The van der Waals surface area contributed by atoms with E-state index in [1.165, 1.54) is 22.5 Å². The Kier molecular flexibility index (Phi) is 6.88. The molecule has 2 N–H and O–H groups in total. The molecule has 1 aliphatic heterocycles. The lowest BCUT2D eigenvalue weighted by atomic mass is 10.0. The molecular weight excluding hydrogens is 353 g/mol. The van der Waals surface area contributed by atoms with Crippen molar-refractivity contribution in [1.82, 2.24) is 4.31 Å². The van der Waals surface area contributed by atoms with Crippen LogP contribution in [0, 0.1) is 5.92 Å². The van der Waals surface area contributed by atoms with Gasteiger partial charge in [0.15, 0.2) is 0 Å². The van der Waals surface area contributed by atoms with Crippen LogP contribution in [-0.4, -0.2) is 32.4 Å². The molecule has 1 aromatic rings. The van der Waals surface area contributed by atoms with Crippen LogP contribution in [0.15, 0.2) is 24.3 Å². The smallest absolute Gasteiger partial charge is 0.330 e. The Labute approximate surface area is 140 Å². The molecule has 0 radical (unpaired) electrons. The molecule has 0 aromatic heterocycles. The molecule has 2 rings (SSSR count). The Morgan fingerprint density at radius 2 is 1.91 bits per heavy atom. The van der Waals surface area contributed by atoms with Crippen molar-refractivity contribution in [3.63, 3.8) is 0 Å². The minimum absolute atomic E-state index is 0. The molecule has 1 unspecified atom stereocenters. The van der Waals surface area contributed by atoms with Gasteiger partial charge in [-0.25, -0.2) is 12.7 Å². The summed E-state index contributed by atoms with van der Waals surface area (Å²) in [7, 11) is -3.78. The minimum Gasteiger partial charge on any atom is -0.330 e. The van der Waals surface area contributed by atoms with Gasteiger partial charge in [-0.1, -0.05) is 18.2 Å². The van der Waals surface area contributed by atoms with Crippen LogP contribution in [0.5, 0.6) is 0 Å². The molecule has 132 valence electrons. The first-order valence-corrected chi connectivity index (χ1v) is 8.68. The number of nitrogens with zero attached hydrogens (tertiary/aromatic N) is 1. The van der Waals surface area contributed by atoms with E-state index >= 15 is 0 Å². The number of piperidine rings is 1. The van der Waals surface area contributed by atoms with E-state index in [2.05, 4.69) is 0 Å². The van der Waals surface area contributed by atoms with Gasteiger partial charge in [0.05, 0.1) is 11.3 Å². The Morgan fingerprint density at radius 3 is 2.52 bits per heavy atom. The highest BCUT2D eigenvalue weighted by molar-refractivity contribution is 7.88. The summed E-state index contributed by atoms with van der Waals surface area (Å²) >= 11 is 0. The molecule has 0 saturated carbocycles. The maximum atomic E-state index is 13.0. The summed E-state index contributed by atoms with van der Waals surface area (Å²) in [6, 6.07) is 4.79. The normalized spacial score (nSPS) is 20.1. The number of rotatable bonds is 4. The molecule has 1 atom stereocenters. The number of nitrogens with two attached hydrogens (primary N) is 1. The van der Waals surface area contributed by atoms with E-state index in [0.717, 1.165) is 12.5 Å². The van der Waals surface area contributed by atoms with Gasteiger partial charge in [0, 0.05) is 13.1 Å². The van der Waals surface area contributed by atoms with E-state index in [1.54, 1.807) is 0 Å². The van der Waals surface area contributed by atoms with E-state index in [9.17, 15) is 21.6 Å². The van der Waals surface area contributed by atoms with Crippen LogP contribution in [-0.2, 0) is 22.0 Å². The fourth-order valence-corrected chi connectivity index (χ4v) is 4.35. The van der Waals surface area contributed by atoms with Gasteiger partial charge in [-0.3, -0.25) is 0 Å². The second-order valence-electron chi connectivity index (χ2n) is 5.51. The lowest BCUT2D eigenvalue weighted by molar-refractivity contribution is -0.138. The van der Waals surface area contributed by atoms with Crippen molar-refractivity contribution in [2.24, 2.45) is 11.7 Å². The summed E-state index contributed by atoms with van der Waals surface area (Å²) in [5, 5.41) is 0. The van der Waals surface area contributed by atoms with Gasteiger partial charge in [-0.05, 0) is 36.9 Å². The van der Waals surface area contributed by atoms with Crippen molar-refractivity contribution in [3.8, 4) is 0 Å². The standard InChI is InChI=1S/C14H19F3N2O2S.ClH/c15-14(16,17)13-6-2-1-5-12(13)10-22(20,21)19-7-3-4-11(8-18)9-19;/h1-2,5-6,11H,3-4,7-10,18H2;1H. The first-order valence-electron chi connectivity index (χ1n) is 7.07. The molecule has 1 fully saturated rings. The van der Waals surface area contributed by atoms with Gasteiger partial charge in [0.2, 0.25) is 10.0 Å². The van der Waals surface area contributed by atoms with Crippen LogP contribution in [0.3, 0.4) is 0 Å². The van der Waals surface area contributed by atoms with E-state index < -0.39 is 27.5 Å². The number of halogens is 4. The first-order chi connectivity index (χ1) is 10.2. The molecular formula is C14H20ClF3N2O2S. The number of hydrogen-bond donors (Lipinski definition) is 1. The van der Waals surface area contributed by atoms with Gasteiger partial charge in [-0.2, -0.15) is 13.2 Å². The monoisotopic (exact) mass is 372 g/mol. The molecule has 1 aliphatic rings. The Bertz CT molecular complexity index is 623. The third-order valence-corrected chi connectivity index (χ3v) is 5.66. The third kappa shape index (κ3) is 5.07. The Balaban J connectivity index is 0.00000264. The maximum absolute atomic E-state index is 13.0. The summed E-state index contributed by atoms with van der Waals surface area (Å²) in [6.07, 6.45) is -3.03. The Hall–Kier alpha value is -0.830. The molecule has 0 bridgehead atoms. The quantitative estimate of drug-likeness (QED) is 0.883. The SMILES string of the molecule is Cl.NCC1CCCN(S(=O)(=O)Cc2ccccc2C(F)(F)F)C1. The van der Waals surface area contributed by atoms with E-state index in [4.69, 9.17) is 5.73 Å². The predicted molar refractivity (Wildman–Crippen MR) is 84.7 cm³/mol. The lowest BCUT2D eigenvalue weighted by Gasteiger charge is -2.31. The highest BCUT2D eigenvalue weighted by Crippen LogP contribution is 2.33. The second kappa shape index (κ2) is 7.83. The highest BCUT2D eigenvalue weighted by Gasteiger charge is 2.35. The van der Waals surface area contributed by atoms with Crippen molar-refractivity contribution in [2.75, 3.05) is 19.6 Å².